The minimum absolute atomic E-state index is 0.0585. The van der Waals surface area contributed by atoms with Gasteiger partial charge in [0.15, 0.2) is 0 Å². The zero-order valence-corrected chi connectivity index (χ0v) is 22.6. The van der Waals surface area contributed by atoms with Gasteiger partial charge in [0.05, 0.1) is 6.04 Å². The van der Waals surface area contributed by atoms with Crippen molar-refractivity contribution in [3.8, 4) is 0 Å². The predicted molar refractivity (Wildman–Crippen MR) is 139 cm³/mol. The number of urea groups is 1. The van der Waals surface area contributed by atoms with Crippen LogP contribution in [0.15, 0.2) is 0 Å². The molecule has 0 aromatic carbocycles. The summed E-state index contributed by atoms with van der Waals surface area (Å²) in [6.45, 7) is 4.03. The van der Waals surface area contributed by atoms with E-state index in [4.69, 9.17) is 14.0 Å². The second kappa shape index (κ2) is 9.91. The van der Waals surface area contributed by atoms with E-state index in [0.717, 1.165) is 24.2 Å². The van der Waals surface area contributed by atoms with Crippen molar-refractivity contribution in [2.75, 3.05) is 6.54 Å². The van der Waals surface area contributed by atoms with E-state index in [1.807, 2.05) is 0 Å². The summed E-state index contributed by atoms with van der Waals surface area (Å²) >= 11 is 0. The van der Waals surface area contributed by atoms with Crippen molar-refractivity contribution >= 4 is 29.5 Å². The maximum atomic E-state index is 14.1. The third-order valence-corrected chi connectivity index (χ3v) is 7.60. The molecule has 3 aliphatic rings. The zero-order valence-electron chi connectivity index (χ0n) is 28.6. The lowest BCUT2D eigenvalue weighted by Gasteiger charge is -2.38. The number of Topliss-reactive ketones (excluding diaryl/α,β-unsaturated/α-hetero) is 1. The Labute approximate surface area is 228 Å². The van der Waals surface area contributed by atoms with Gasteiger partial charge in [0.1, 0.15) is 12.1 Å². The SMILES string of the molecule is [2H]C([2H])([2H])C1(C([2H])([2H])[2H])[C@@H]2[C@@H](C(=O)NC(CC3CCC3)C(=O)C(N)=O)N(C(=O)[C@@H](NC(=O)NC(C)(C)C)C(C)(C)C)C[C@@H]21. The number of rotatable bonds is 8. The first-order chi connectivity index (χ1) is 19.3. The first-order valence-electron chi connectivity index (χ1n) is 15.9. The summed E-state index contributed by atoms with van der Waals surface area (Å²) in [5.74, 6) is -6.23. The quantitative estimate of drug-likeness (QED) is 0.356. The topological polar surface area (TPSA) is 151 Å². The maximum absolute atomic E-state index is 14.1. The van der Waals surface area contributed by atoms with Crippen molar-refractivity contribution < 1.29 is 32.2 Å². The largest absolute Gasteiger partial charge is 0.363 e. The van der Waals surface area contributed by atoms with Crippen LogP contribution in [0.4, 0.5) is 4.79 Å². The number of hydrogen-bond donors (Lipinski definition) is 4. The summed E-state index contributed by atoms with van der Waals surface area (Å²) in [4.78, 5) is 66.5. The van der Waals surface area contributed by atoms with E-state index in [9.17, 15) is 24.0 Å². The number of fused-ring (bicyclic) bond motifs is 1. The first-order valence-corrected chi connectivity index (χ1v) is 12.9. The monoisotopic (exact) mass is 525 g/mol. The summed E-state index contributed by atoms with van der Waals surface area (Å²) in [5.41, 5.74) is 1.48. The molecule has 10 nitrogen and oxygen atoms in total. The highest BCUT2D eigenvalue weighted by molar-refractivity contribution is 6.37. The average molecular weight is 526 g/mol. The molecule has 0 bridgehead atoms. The smallest absolute Gasteiger partial charge is 0.315 e. The van der Waals surface area contributed by atoms with Gasteiger partial charge < -0.3 is 26.6 Å². The van der Waals surface area contributed by atoms with E-state index in [-0.39, 0.29) is 18.9 Å². The van der Waals surface area contributed by atoms with Crippen molar-refractivity contribution in [1.82, 2.24) is 20.9 Å². The molecule has 37 heavy (non-hydrogen) atoms. The van der Waals surface area contributed by atoms with E-state index < -0.39 is 89.6 Å². The second-order valence-electron chi connectivity index (χ2n) is 12.9. The highest BCUT2D eigenvalue weighted by Crippen LogP contribution is 2.65. The van der Waals surface area contributed by atoms with Crippen molar-refractivity contribution in [2.45, 2.75) is 105 Å². The zero-order chi connectivity index (χ0) is 33.1. The Hall–Kier alpha value is -2.65. The number of nitrogens with zero attached hydrogens (tertiary/aromatic N) is 1. The normalized spacial score (nSPS) is 29.4. The van der Waals surface area contributed by atoms with E-state index >= 15 is 0 Å². The molecule has 0 aromatic rings. The van der Waals surface area contributed by atoms with Gasteiger partial charge in [-0.05, 0) is 55.8 Å². The van der Waals surface area contributed by atoms with Crippen LogP contribution in [0.2, 0.25) is 0 Å². The summed E-state index contributed by atoms with van der Waals surface area (Å²) in [7, 11) is 0. The average Bonchev–Trinajstić information content (AvgIpc) is 3.31. The Kier molecular flexibility index (Phi) is 5.70. The fourth-order valence-electron chi connectivity index (χ4n) is 5.31. The third-order valence-electron chi connectivity index (χ3n) is 7.60. The molecule has 3 rings (SSSR count). The number of carbonyl (C=O) groups excluding carboxylic acids is 5. The van der Waals surface area contributed by atoms with Crippen molar-refractivity contribution in [1.29, 1.82) is 0 Å². The molecule has 5 N–H and O–H groups in total. The molecule has 3 fully saturated rings. The Morgan fingerprint density at radius 2 is 1.68 bits per heavy atom. The van der Waals surface area contributed by atoms with Crippen LogP contribution in [0, 0.1) is 28.6 Å². The van der Waals surface area contributed by atoms with Crippen LogP contribution in [-0.2, 0) is 19.2 Å². The minimum atomic E-state index is -3.00. The number of hydrogen-bond acceptors (Lipinski definition) is 5. The lowest BCUT2D eigenvalue weighted by Crippen LogP contribution is -2.62. The number of piperidine rings is 1. The molecule has 0 aromatic heterocycles. The first kappa shape index (κ1) is 21.3. The van der Waals surface area contributed by atoms with Crippen LogP contribution in [0.5, 0.6) is 0 Å². The predicted octanol–water partition coefficient (Wildman–Crippen LogP) is 1.71. The van der Waals surface area contributed by atoms with Crippen molar-refractivity contribution in [3.05, 3.63) is 0 Å². The summed E-state index contributed by atoms with van der Waals surface area (Å²) in [6, 6.07) is -4.72. The van der Waals surface area contributed by atoms with E-state index in [1.54, 1.807) is 41.5 Å². The molecule has 5 atom stereocenters. The molecule has 1 saturated heterocycles. The molecule has 1 heterocycles. The summed E-state index contributed by atoms with van der Waals surface area (Å²) in [6.07, 6.45) is 2.63. The lowest BCUT2D eigenvalue weighted by atomic mass is 9.80. The number of primary amides is 1. The van der Waals surface area contributed by atoms with Gasteiger partial charge in [-0.15, -0.1) is 0 Å². The number of nitrogens with two attached hydrogens (primary N) is 1. The highest BCUT2D eigenvalue weighted by atomic mass is 16.2. The maximum Gasteiger partial charge on any atom is 0.315 e. The molecule has 208 valence electrons. The van der Waals surface area contributed by atoms with Crippen LogP contribution >= 0.6 is 0 Å². The van der Waals surface area contributed by atoms with Gasteiger partial charge in [-0.3, -0.25) is 19.2 Å². The third kappa shape index (κ3) is 6.26. The van der Waals surface area contributed by atoms with Crippen LogP contribution in [0.1, 0.15) is 89.2 Å². The molecule has 2 aliphatic carbocycles. The van der Waals surface area contributed by atoms with E-state index in [1.165, 1.54) is 0 Å². The highest BCUT2D eigenvalue weighted by Gasteiger charge is 2.70. The number of amides is 5. The standard InChI is InChI=1S/C27H45N5O5/c1-25(2,3)20(30-24(37)31-26(4,5)6)23(36)32-13-15-17(27(15,7)8)18(32)22(35)29-16(19(33)21(28)34)12-14-10-9-11-14/h14-18,20H,9-13H2,1-8H3,(H2,28,34)(H,29,35)(H2,30,31,37)/t15-,16?,17-,18-,20+/m0/s1/i7D3,8D3. The Balaban J connectivity index is 2.02. The van der Waals surface area contributed by atoms with Gasteiger partial charge in [-0.25, -0.2) is 4.79 Å². The van der Waals surface area contributed by atoms with Gasteiger partial charge in [0, 0.05) is 20.3 Å². The number of carbonyl (C=O) groups is 5. The van der Waals surface area contributed by atoms with Crippen LogP contribution < -0.4 is 21.7 Å². The molecular formula is C27H45N5O5. The fourth-order valence-corrected chi connectivity index (χ4v) is 5.31. The van der Waals surface area contributed by atoms with E-state index in [2.05, 4.69) is 16.0 Å². The minimum Gasteiger partial charge on any atom is -0.363 e. The molecule has 0 spiro atoms. The van der Waals surface area contributed by atoms with Crippen LogP contribution in [0.25, 0.3) is 0 Å². The molecule has 10 heteroatoms. The number of ketones is 1. The summed E-state index contributed by atoms with van der Waals surface area (Å²) < 4.78 is 49.0. The Morgan fingerprint density at radius 3 is 2.14 bits per heavy atom. The van der Waals surface area contributed by atoms with Gasteiger partial charge >= 0.3 is 6.03 Å². The molecule has 0 radical (unpaired) electrons. The van der Waals surface area contributed by atoms with E-state index in [0.29, 0.717) is 0 Å². The molecular weight excluding hydrogens is 474 g/mol. The lowest BCUT2D eigenvalue weighted by molar-refractivity contribution is -0.145. The van der Waals surface area contributed by atoms with Gasteiger partial charge in [-0.2, -0.15) is 0 Å². The van der Waals surface area contributed by atoms with Crippen LogP contribution in [0.3, 0.4) is 0 Å². The molecule has 5 amide bonds. The summed E-state index contributed by atoms with van der Waals surface area (Å²) in [5, 5.41) is 7.91. The molecule has 1 aliphatic heterocycles. The second-order valence-corrected chi connectivity index (χ2v) is 12.9. The number of likely N-dealkylation sites (tertiary alicyclic amines) is 1. The molecule has 2 saturated carbocycles. The molecule has 1 unspecified atom stereocenters. The van der Waals surface area contributed by atoms with Crippen molar-refractivity contribution in [3.63, 3.8) is 0 Å². The number of nitrogens with one attached hydrogen (secondary N) is 3. The van der Waals surface area contributed by atoms with Gasteiger partial charge in [-0.1, -0.05) is 53.7 Å². The Bertz CT molecular complexity index is 1140. The van der Waals surface area contributed by atoms with Gasteiger partial charge in [0.25, 0.3) is 5.91 Å². The van der Waals surface area contributed by atoms with Crippen LogP contribution in [-0.4, -0.2) is 64.6 Å². The van der Waals surface area contributed by atoms with Gasteiger partial charge in [0.2, 0.25) is 17.6 Å². The fraction of sp³-hybridized carbons (Fsp3) is 0.815. The Morgan fingerprint density at radius 1 is 1.05 bits per heavy atom. The van der Waals surface area contributed by atoms with Crippen molar-refractivity contribution in [2.24, 2.45) is 34.3 Å².